The highest BCUT2D eigenvalue weighted by Gasteiger charge is 2.49. The van der Waals surface area contributed by atoms with Gasteiger partial charge in [0.25, 0.3) is 0 Å². The van der Waals surface area contributed by atoms with Gasteiger partial charge in [-0.05, 0) is 18.6 Å². The molecule has 1 atom stereocenters. The Hall–Kier alpha value is -1.48. The van der Waals surface area contributed by atoms with E-state index in [1.807, 2.05) is 0 Å². The Kier molecular flexibility index (Phi) is 3.59. The lowest BCUT2D eigenvalue weighted by Crippen LogP contribution is -2.27. The Bertz CT molecular complexity index is 558. The molecule has 2 rings (SSSR count). The van der Waals surface area contributed by atoms with Crippen molar-refractivity contribution < 1.29 is 34.9 Å². The smallest absolute Gasteiger partial charge is 0.472 e. The van der Waals surface area contributed by atoms with E-state index in [9.17, 15) is 21.6 Å². The van der Waals surface area contributed by atoms with E-state index < -0.39 is 15.6 Å². The first-order valence-corrected chi connectivity index (χ1v) is 6.54. The molecular weight excluding hydrogens is 289 g/mol. The van der Waals surface area contributed by atoms with Crippen LogP contribution in [0, 0.1) is 0 Å². The lowest BCUT2D eigenvalue weighted by atomic mass is 10.1. The van der Waals surface area contributed by atoms with Gasteiger partial charge in [0, 0.05) is 5.56 Å². The van der Waals surface area contributed by atoms with E-state index in [2.05, 4.69) is 4.18 Å². The molecule has 0 saturated heterocycles. The van der Waals surface area contributed by atoms with Gasteiger partial charge in [-0.2, -0.15) is 21.6 Å². The first-order chi connectivity index (χ1) is 8.79. The van der Waals surface area contributed by atoms with Crippen molar-refractivity contribution in [3.05, 3.63) is 36.0 Å². The van der Waals surface area contributed by atoms with Crippen LogP contribution in [0.15, 0.2) is 34.8 Å². The Labute approximate surface area is 106 Å². The van der Waals surface area contributed by atoms with Crippen molar-refractivity contribution in [2.75, 3.05) is 6.61 Å². The van der Waals surface area contributed by atoms with E-state index in [1.54, 1.807) is 6.07 Å². The SMILES string of the molecule is O=S(=O)(OC1=CC[C@H](c2ccoc2)OC1)C(F)(F)F. The summed E-state index contributed by atoms with van der Waals surface area (Å²) in [4.78, 5) is 0. The second-order valence-electron chi connectivity index (χ2n) is 3.75. The molecule has 0 aromatic carbocycles. The molecule has 19 heavy (non-hydrogen) atoms. The van der Waals surface area contributed by atoms with Gasteiger partial charge in [-0.3, -0.25) is 0 Å². The summed E-state index contributed by atoms with van der Waals surface area (Å²) in [5.74, 6) is -0.378. The molecule has 0 amide bonds. The van der Waals surface area contributed by atoms with E-state index >= 15 is 0 Å². The number of alkyl halides is 3. The van der Waals surface area contributed by atoms with Gasteiger partial charge in [-0.15, -0.1) is 0 Å². The summed E-state index contributed by atoms with van der Waals surface area (Å²) in [6.45, 7) is -0.356. The molecule has 1 aliphatic rings. The first-order valence-electron chi connectivity index (χ1n) is 5.13. The van der Waals surface area contributed by atoms with Gasteiger partial charge < -0.3 is 13.3 Å². The minimum atomic E-state index is -5.64. The van der Waals surface area contributed by atoms with Crippen LogP contribution in [0.25, 0.3) is 0 Å². The van der Waals surface area contributed by atoms with Gasteiger partial charge in [-0.25, -0.2) is 0 Å². The third-order valence-electron chi connectivity index (χ3n) is 2.40. The summed E-state index contributed by atoms with van der Waals surface area (Å²) >= 11 is 0. The standard InChI is InChI=1S/C10H9F3O5S/c11-10(12,13)19(14,15)18-8-1-2-9(17-6-8)7-3-4-16-5-7/h1,3-5,9H,2,6H2/t9-/m1/s1. The number of ether oxygens (including phenoxy) is 1. The highest BCUT2D eigenvalue weighted by molar-refractivity contribution is 7.87. The lowest BCUT2D eigenvalue weighted by Gasteiger charge is -2.21. The Morgan fingerprint density at radius 1 is 1.37 bits per heavy atom. The van der Waals surface area contributed by atoms with Crippen LogP contribution >= 0.6 is 0 Å². The van der Waals surface area contributed by atoms with Crippen LogP contribution in [-0.2, 0) is 19.0 Å². The van der Waals surface area contributed by atoms with Crippen molar-refractivity contribution in [2.24, 2.45) is 0 Å². The maximum atomic E-state index is 12.1. The molecule has 0 aliphatic carbocycles. The Balaban J connectivity index is 2.03. The molecule has 1 aromatic heterocycles. The van der Waals surface area contributed by atoms with Crippen molar-refractivity contribution in [3.63, 3.8) is 0 Å². The Morgan fingerprint density at radius 2 is 2.11 bits per heavy atom. The topological polar surface area (TPSA) is 65.7 Å². The predicted molar refractivity (Wildman–Crippen MR) is 56.2 cm³/mol. The number of hydrogen-bond donors (Lipinski definition) is 0. The van der Waals surface area contributed by atoms with Crippen LogP contribution < -0.4 is 0 Å². The quantitative estimate of drug-likeness (QED) is 0.633. The van der Waals surface area contributed by atoms with Gasteiger partial charge in [-0.1, -0.05) is 0 Å². The molecule has 0 unspecified atom stereocenters. The number of hydrogen-bond acceptors (Lipinski definition) is 5. The zero-order valence-corrected chi connectivity index (χ0v) is 10.2. The van der Waals surface area contributed by atoms with E-state index in [-0.39, 0.29) is 24.9 Å². The van der Waals surface area contributed by atoms with Crippen LogP contribution in [0.3, 0.4) is 0 Å². The average molecular weight is 298 g/mol. The highest BCUT2D eigenvalue weighted by Crippen LogP contribution is 2.31. The van der Waals surface area contributed by atoms with Crippen LogP contribution in [0.2, 0.25) is 0 Å². The third kappa shape index (κ3) is 3.10. The normalized spacial score (nSPS) is 21.0. The van der Waals surface area contributed by atoms with Crippen LogP contribution in [0.1, 0.15) is 18.1 Å². The summed E-state index contributed by atoms with van der Waals surface area (Å²) in [5.41, 5.74) is -4.73. The van der Waals surface area contributed by atoms with E-state index in [0.29, 0.717) is 5.56 Å². The molecule has 0 fully saturated rings. The minimum Gasteiger partial charge on any atom is -0.472 e. The first kappa shape index (κ1) is 13.9. The van der Waals surface area contributed by atoms with Crippen LogP contribution in [0.5, 0.6) is 0 Å². The van der Waals surface area contributed by atoms with Gasteiger partial charge >= 0.3 is 15.6 Å². The molecule has 9 heteroatoms. The van der Waals surface area contributed by atoms with E-state index in [4.69, 9.17) is 9.15 Å². The van der Waals surface area contributed by atoms with Crippen LogP contribution in [-0.4, -0.2) is 20.5 Å². The van der Waals surface area contributed by atoms with E-state index in [0.717, 1.165) is 0 Å². The molecular formula is C10H9F3O5S. The molecule has 0 N–H and O–H groups in total. The molecule has 0 spiro atoms. The third-order valence-corrected chi connectivity index (χ3v) is 3.40. The van der Waals surface area contributed by atoms with Crippen molar-refractivity contribution in [1.29, 1.82) is 0 Å². The Morgan fingerprint density at radius 3 is 2.58 bits per heavy atom. The summed E-state index contributed by atoms with van der Waals surface area (Å²) in [5, 5.41) is 0. The maximum Gasteiger partial charge on any atom is 0.534 e. The van der Waals surface area contributed by atoms with Crippen molar-refractivity contribution in [3.8, 4) is 0 Å². The summed E-state index contributed by atoms with van der Waals surface area (Å²) in [7, 11) is -5.64. The molecule has 1 aliphatic heterocycles. The summed E-state index contributed by atoms with van der Waals surface area (Å²) in [6, 6.07) is 1.65. The zero-order valence-electron chi connectivity index (χ0n) is 9.38. The monoisotopic (exact) mass is 298 g/mol. The van der Waals surface area contributed by atoms with Crippen molar-refractivity contribution in [1.82, 2.24) is 0 Å². The molecule has 0 bridgehead atoms. The van der Waals surface area contributed by atoms with Gasteiger partial charge in [0.15, 0.2) is 0 Å². The largest absolute Gasteiger partial charge is 0.534 e. The van der Waals surface area contributed by atoms with Crippen molar-refractivity contribution >= 4 is 10.1 Å². The molecule has 0 saturated carbocycles. The number of halogens is 3. The number of rotatable bonds is 3. The molecule has 0 radical (unpaired) electrons. The van der Waals surface area contributed by atoms with Gasteiger partial charge in [0.05, 0.1) is 18.6 Å². The molecule has 5 nitrogen and oxygen atoms in total. The molecule has 1 aromatic rings. The number of furan rings is 1. The molecule has 2 heterocycles. The van der Waals surface area contributed by atoms with Crippen molar-refractivity contribution in [2.45, 2.75) is 18.0 Å². The zero-order chi connectivity index (χ0) is 14.1. The minimum absolute atomic E-state index is 0.197. The van der Waals surface area contributed by atoms with Gasteiger partial charge in [0.2, 0.25) is 0 Å². The lowest BCUT2D eigenvalue weighted by molar-refractivity contribution is -0.0539. The van der Waals surface area contributed by atoms with Gasteiger partial charge in [0.1, 0.15) is 12.4 Å². The second-order valence-corrected chi connectivity index (χ2v) is 5.28. The molecule has 106 valence electrons. The highest BCUT2D eigenvalue weighted by atomic mass is 32.2. The van der Waals surface area contributed by atoms with Crippen LogP contribution in [0.4, 0.5) is 13.2 Å². The summed E-state index contributed by atoms with van der Waals surface area (Å²) in [6.07, 6.45) is 3.94. The fourth-order valence-electron chi connectivity index (χ4n) is 1.48. The fraction of sp³-hybridized carbons (Fsp3) is 0.400. The second kappa shape index (κ2) is 4.89. The maximum absolute atomic E-state index is 12.1. The summed E-state index contributed by atoms with van der Waals surface area (Å²) < 4.78 is 71.8. The van der Waals surface area contributed by atoms with E-state index in [1.165, 1.54) is 18.6 Å². The predicted octanol–water partition coefficient (Wildman–Crippen LogP) is 2.49. The fourth-order valence-corrected chi connectivity index (χ4v) is 1.98. The average Bonchev–Trinajstić information content (AvgIpc) is 2.81.